The van der Waals surface area contributed by atoms with Gasteiger partial charge in [0.1, 0.15) is 0 Å². The average Bonchev–Trinajstić information content (AvgIpc) is 3.59. The molecule has 0 heteroatoms. The number of fused-ring (bicyclic) bond motifs is 3. The Morgan fingerprint density at radius 2 is 0.474 bits per heavy atom. The Hall–Kier alpha value is -1.56. The fourth-order valence-corrected chi connectivity index (χ4v) is 9.74. The van der Waals surface area contributed by atoms with Crippen LogP contribution in [0.2, 0.25) is 0 Å². The van der Waals surface area contributed by atoms with Gasteiger partial charge in [-0.15, -0.1) is 0 Å². The van der Waals surface area contributed by atoms with E-state index in [1.54, 1.807) is 33.4 Å². The van der Waals surface area contributed by atoms with E-state index in [2.05, 4.69) is 50.2 Å². The van der Waals surface area contributed by atoms with Crippen molar-refractivity contribution in [2.75, 3.05) is 0 Å². The van der Waals surface area contributed by atoms with Gasteiger partial charge in [-0.3, -0.25) is 0 Å². The summed E-state index contributed by atoms with van der Waals surface area (Å²) in [4.78, 5) is 0. The molecule has 0 nitrogen and oxygen atoms in total. The van der Waals surface area contributed by atoms with Crippen molar-refractivity contribution in [3.8, 4) is 11.1 Å². The maximum absolute atomic E-state index is 2.55. The number of unbranched alkanes of at least 4 members (excludes halogenated alkanes) is 38. The third-order valence-electron chi connectivity index (χ3n) is 13.7. The first-order valence-corrected chi connectivity index (χ1v) is 26.6. The van der Waals surface area contributed by atoms with E-state index in [0.717, 1.165) is 6.42 Å². The first kappa shape index (κ1) is 49.8. The van der Waals surface area contributed by atoms with Crippen LogP contribution in [0.3, 0.4) is 0 Å². The predicted octanol–water partition coefficient (Wildman–Crippen LogP) is 20.0. The molecule has 0 unspecified atom stereocenters. The summed E-state index contributed by atoms with van der Waals surface area (Å²) in [6.45, 7) is 4.62. The van der Waals surface area contributed by atoms with E-state index < -0.39 is 0 Å². The van der Waals surface area contributed by atoms with Crippen molar-refractivity contribution < 1.29 is 0 Å². The summed E-state index contributed by atoms with van der Waals surface area (Å²) in [5, 5.41) is 0. The Morgan fingerprint density at radius 3 is 0.702 bits per heavy atom. The van der Waals surface area contributed by atoms with E-state index in [9.17, 15) is 0 Å². The molecule has 0 spiro atoms. The van der Waals surface area contributed by atoms with E-state index >= 15 is 0 Å². The van der Waals surface area contributed by atoms with Gasteiger partial charge in [-0.2, -0.15) is 0 Å². The smallest absolute Gasteiger partial charge is 0.00134 e. The van der Waals surface area contributed by atoms with Gasteiger partial charge in [0.2, 0.25) is 0 Å². The van der Waals surface area contributed by atoms with Crippen LogP contribution in [0.4, 0.5) is 0 Å². The zero-order valence-electron chi connectivity index (χ0n) is 38.9. The topological polar surface area (TPSA) is 0 Å². The fraction of sp³-hybridized carbons (Fsp3) is 0.789. The molecular formula is C57H98. The molecule has 0 saturated heterocycles. The van der Waals surface area contributed by atoms with Crippen LogP contribution in [0.25, 0.3) is 11.1 Å². The van der Waals surface area contributed by atoms with Crippen molar-refractivity contribution in [3.63, 3.8) is 0 Å². The number of benzene rings is 2. The van der Waals surface area contributed by atoms with Gasteiger partial charge < -0.3 is 0 Å². The van der Waals surface area contributed by atoms with Crippen molar-refractivity contribution in [2.24, 2.45) is 0 Å². The molecule has 1 aliphatic carbocycles. The fourth-order valence-electron chi connectivity index (χ4n) is 9.74. The molecule has 0 radical (unpaired) electrons. The first-order valence-electron chi connectivity index (χ1n) is 26.6. The number of rotatable bonds is 42. The Balaban J connectivity index is 1.11. The molecule has 0 heterocycles. The van der Waals surface area contributed by atoms with E-state index in [0.29, 0.717) is 0 Å². The maximum atomic E-state index is 2.55. The zero-order chi connectivity index (χ0) is 40.1. The Morgan fingerprint density at radius 1 is 0.263 bits per heavy atom. The third-order valence-corrected chi connectivity index (χ3v) is 13.7. The summed E-state index contributed by atoms with van der Waals surface area (Å²) in [6.07, 6.45) is 61.7. The highest BCUT2D eigenvalue weighted by Crippen LogP contribution is 2.38. The lowest BCUT2D eigenvalue weighted by Gasteiger charge is -2.08. The monoisotopic (exact) mass is 783 g/mol. The molecule has 0 saturated carbocycles. The van der Waals surface area contributed by atoms with Crippen LogP contribution in [0.1, 0.15) is 293 Å². The summed E-state index contributed by atoms with van der Waals surface area (Å²) in [7, 11) is 0. The molecular weight excluding hydrogens is 685 g/mol. The minimum atomic E-state index is 1.13. The SMILES string of the molecule is CCCCCCCCCCCCCCCCCCCCCCc1ccc2c(c1)-c1cc(CCCCCCCCCCCCCCCCCCCCCC)ccc1C2. The molecule has 0 atom stereocenters. The van der Waals surface area contributed by atoms with Crippen molar-refractivity contribution in [2.45, 2.75) is 290 Å². The lowest BCUT2D eigenvalue weighted by Crippen LogP contribution is -1.90. The van der Waals surface area contributed by atoms with Crippen LogP contribution in [0.15, 0.2) is 36.4 Å². The van der Waals surface area contributed by atoms with Crippen LogP contribution < -0.4 is 0 Å². The van der Waals surface area contributed by atoms with Gasteiger partial charge in [0.15, 0.2) is 0 Å². The third kappa shape index (κ3) is 25.6. The standard InChI is InChI=1S/C57H98/c1-3-5-7-9-11-13-15-17-19-21-23-25-27-29-31-33-35-37-39-41-43-52-45-47-54-51-55-48-46-53(50-57(55)56(54)49-52)44-42-40-38-36-34-32-30-28-26-24-22-20-18-16-14-12-10-8-6-4-2/h45-50H,3-44,51H2,1-2H3. The van der Waals surface area contributed by atoms with Crippen LogP contribution in [0.5, 0.6) is 0 Å². The van der Waals surface area contributed by atoms with Gasteiger partial charge in [-0.05, 0) is 65.5 Å². The molecule has 0 aromatic heterocycles. The Kier molecular flexibility index (Phi) is 31.7. The summed E-state index contributed by atoms with van der Waals surface area (Å²) in [6, 6.07) is 14.9. The van der Waals surface area contributed by atoms with E-state index in [1.807, 2.05) is 0 Å². The minimum absolute atomic E-state index is 1.13. The van der Waals surface area contributed by atoms with Gasteiger partial charge in [0.05, 0.1) is 0 Å². The lowest BCUT2D eigenvalue weighted by molar-refractivity contribution is 0.521. The van der Waals surface area contributed by atoms with Crippen molar-refractivity contribution >= 4 is 0 Å². The van der Waals surface area contributed by atoms with E-state index in [4.69, 9.17) is 0 Å². The number of aryl methyl sites for hydroxylation is 2. The van der Waals surface area contributed by atoms with Crippen molar-refractivity contribution in [1.82, 2.24) is 0 Å². The second-order valence-electron chi connectivity index (χ2n) is 19.1. The summed E-state index contributed by atoms with van der Waals surface area (Å²) in [5.41, 5.74) is 9.30. The molecule has 0 aliphatic heterocycles. The normalized spacial score (nSPS) is 12.1. The number of hydrogen-bond donors (Lipinski definition) is 0. The van der Waals surface area contributed by atoms with Gasteiger partial charge in [-0.1, -0.05) is 294 Å². The molecule has 0 amide bonds. The average molecular weight is 783 g/mol. The van der Waals surface area contributed by atoms with Crippen LogP contribution in [0, 0.1) is 0 Å². The van der Waals surface area contributed by atoms with E-state index in [-0.39, 0.29) is 0 Å². The molecule has 326 valence electrons. The van der Waals surface area contributed by atoms with E-state index in [1.165, 1.54) is 270 Å². The number of hydrogen-bond acceptors (Lipinski definition) is 0. The summed E-state index contributed by atoms with van der Waals surface area (Å²) in [5.74, 6) is 0. The van der Waals surface area contributed by atoms with Crippen LogP contribution >= 0.6 is 0 Å². The molecule has 57 heavy (non-hydrogen) atoms. The highest BCUT2D eigenvalue weighted by Gasteiger charge is 2.19. The summed E-state index contributed by atoms with van der Waals surface area (Å²) < 4.78 is 0. The van der Waals surface area contributed by atoms with Crippen LogP contribution in [-0.4, -0.2) is 0 Å². The summed E-state index contributed by atoms with van der Waals surface area (Å²) >= 11 is 0. The Bertz CT molecular complexity index is 1080. The molecule has 3 rings (SSSR count). The molecule has 0 N–H and O–H groups in total. The highest BCUT2D eigenvalue weighted by molar-refractivity contribution is 5.77. The van der Waals surface area contributed by atoms with Crippen molar-refractivity contribution in [1.29, 1.82) is 0 Å². The van der Waals surface area contributed by atoms with Gasteiger partial charge in [-0.25, -0.2) is 0 Å². The largest absolute Gasteiger partial charge is 0.0654 e. The first-order chi connectivity index (χ1) is 28.3. The minimum Gasteiger partial charge on any atom is -0.0654 e. The molecule has 0 fully saturated rings. The highest BCUT2D eigenvalue weighted by atomic mass is 14.2. The molecule has 2 aromatic carbocycles. The molecule has 2 aromatic rings. The molecule has 0 bridgehead atoms. The zero-order valence-corrected chi connectivity index (χ0v) is 38.9. The van der Waals surface area contributed by atoms with Crippen molar-refractivity contribution in [3.05, 3.63) is 58.7 Å². The van der Waals surface area contributed by atoms with Gasteiger partial charge in [0.25, 0.3) is 0 Å². The Labute approximate surface area is 358 Å². The second kappa shape index (κ2) is 36.3. The van der Waals surface area contributed by atoms with Gasteiger partial charge in [0, 0.05) is 0 Å². The second-order valence-corrected chi connectivity index (χ2v) is 19.1. The quantitative estimate of drug-likeness (QED) is 0.0502. The molecule has 1 aliphatic rings. The van der Waals surface area contributed by atoms with Gasteiger partial charge >= 0.3 is 0 Å². The lowest BCUT2D eigenvalue weighted by atomic mass is 9.97. The predicted molar refractivity (Wildman–Crippen MR) is 258 cm³/mol. The maximum Gasteiger partial charge on any atom is -0.00134 e. The van der Waals surface area contributed by atoms with Crippen LogP contribution in [-0.2, 0) is 19.3 Å².